The van der Waals surface area contributed by atoms with Gasteiger partial charge in [-0.05, 0) is 29.0 Å². The molecule has 0 spiro atoms. The summed E-state index contributed by atoms with van der Waals surface area (Å²) in [5, 5.41) is 10.8. The number of hydrogen-bond donors (Lipinski definition) is 1. The molecule has 0 aliphatic rings. The number of fused-ring (bicyclic) bond motifs is 1. The van der Waals surface area contributed by atoms with Gasteiger partial charge >= 0.3 is 11.6 Å². The fraction of sp³-hybridized carbons (Fsp3) is 0.235. The third-order valence-corrected chi connectivity index (χ3v) is 3.56. The highest BCUT2D eigenvalue weighted by atomic mass is 16.6. The van der Waals surface area contributed by atoms with Crippen LogP contribution in [0.3, 0.4) is 0 Å². The summed E-state index contributed by atoms with van der Waals surface area (Å²) in [4.78, 5) is 23.6. The summed E-state index contributed by atoms with van der Waals surface area (Å²) in [6, 6.07) is 10.0. The van der Waals surface area contributed by atoms with Crippen molar-refractivity contribution < 1.29 is 23.8 Å². The molecule has 0 bridgehead atoms. The van der Waals surface area contributed by atoms with Gasteiger partial charge in [-0.1, -0.05) is 12.1 Å². The molecule has 2 aromatic carbocycles. The van der Waals surface area contributed by atoms with Gasteiger partial charge in [0, 0.05) is 6.92 Å². The smallest absolute Gasteiger partial charge is 0.304 e. The van der Waals surface area contributed by atoms with Crippen molar-refractivity contribution in [2.75, 3.05) is 14.2 Å². The van der Waals surface area contributed by atoms with E-state index >= 15 is 0 Å². The molecule has 124 valence electrons. The van der Waals surface area contributed by atoms with Gasteiger partial charge in [-0.15, -0.1) is 0 Å². The Morgan fingerprint density at radius 1 is 1.17 bits per heavy atom. The molecule has 2 rings (SSSR count). The number of rotatable bonds is 5. The Bertz CT molecular complexity index is 856. The molecule has 2 aromatic rings. The van der Waals surface area contributed by atoms with Crippen molar-refractivity contribution in [1.82, 2.24) is 0 Å². The predicted molar refractivity (Wildman–Crippen MR) is 85.3 cm³/mol. The monoisotopic (exact) mass is 328 g/mol. The molecule has 24 heavy (non-hydrogen) atoms. The molecule has 0 radical (unpaired) electrons. The highest BCUT2D eigenvalue weighted by molar-refractivity contribution is 5.99. The molecule has 1 unspecified atom stereocenters. The van der Waals surface area contributed by atoms with Crippen molar-refractivity contribution in [3.63, 3.8) is 0 Å². The molecular weight excluding hydrogens is 312 g/mol. The fourth-order valence-electron chi connectivity index (χ4n) is 2.52. The molecule has 1 amide bonds. The van der Waals surface area contributed by atoms with Gasteiger partial charge in [-0.2, -0.15) is 5.26 Å². The first-order valence-electron chi connectivity index (χ1n) is 6.95. The van der Waals surface area contributed by atoms with E-state index in [4.69, 9.17) is 19.9 Å². The minimum atomic E-state index is -2.30. The van der Waals surface area contributed by atoms with Gasteiger partial charge in [-0.25, -0.2) is 0 Å². The number of amides is 1. The summed E-state index contributed by atoms with van der Waals surface area (Å²) in [5.41, 5.74) is 3.19. The molecule has 2 N–H and O–H groups in total. The maximum atomic E-state index is 12.1. The van der Waals surface area contributed by atoms with E-state index in [2.05, 4.69) is 0 Å². The summed E-state index contributed by atoms with van der Waals surface area (Å²) in [5.74, 6) is -1.13. The molecule has 0 heterocycles. The van der Waals surface area contributed by atoms with Crippen molar-refractivity contribution in [2.24, 2.45) is 5.73 Å². The average Bonchev–Trinajstić information content (AvgIpc) is 2.57. The Kier molecular flexibility index (Phi) is 4.60. The topological polar surface area (TPSA) is 112 Å². The van der Waals surface area contributed by atoms with Gasteiger partial charge in [0.2, 0.25) is 0 Å². The van der Waals surface area contributed by atoms with Crippen molar-refractivity contribution in [3.8, 4) is 17.6 Å². The van der Waals surface area contributed by atoms with Gasteiger partial charge in [0.25, 0.3) is 5.91 Å². The Hall–Kier alpha value is -3.27. The van der Waals surface area contributed by atoms with Crippen molar-refractivity contribution >= 4 is 22.6 Å². The lowest BCUT2D eigenvalue weighted by Crippen LogP contribution is -2.44. The third-order valence-electron chi connectivity index (χ3n) is 3.56. The van der Waals surface area contributed by atoms with Crippen LogP contribution in [0.25, 0.3) is 10.8 Å². The number of methoxy groups -OCH3 is 2. The second kappa shape index (κ2) is 6.46. The molecular formula is C17H16N2O5. The van der Waals surface area contributed by atoms with E-state index in [1.165, 1.54) is 14.2 Å². The normalized spacial score (nSPS) is 12.8. The quantitative estimate of drug-likeness (QED) is 0.835. The van der Waals surface area contributed by atoms with Crippen molar-refractivity contribution in [1.29, 1.82) is 5.26 Å². The number of carbonyl (C=O) groups excluding carboxylic acids is 2. The zero-order chi connectivity index (χ0) is 17.9. The average molecular weight is 328 g/mol. The summed E-state index contributed by atoms with van der Waals surface area (Å²) >= 11 is 0. The molecule has 0 fully saturated rings. The van der Waals surface area contributed by atoms with Crippen LogP contribution in [0.15, 0.2) is 30.3 Å². The van der Waals surface area contributed by atoms with Crippen molar-refractivity contribution in [3.05, 3.63) is 35.9 Å². The summed E-state index contributed by atoms with van der Waals surface area (Å²) < 4.78 is 15.5. The minimum Gasteiger partial charge on any atom is -0.497 e. The Labute approximate surface area is 138 Å². The van der Waals surface area contributed by atoms with Gasteiger partial charge in [0.15, 0.2) is 0 Å². The lowest BCUT2D eigenvalue weighted by atomic mass is 9.88. The van der Waals surface area contributed by atoms with Crippen LogP contribution in [-0.2, 0) is 19.9 Å². The van der Waals surface area contributed by atoms with Crippen LogP contribution in [0.5, 0.6) is 11.5 Å². The van der Waals surface area contributed by atoms with Crippen LogP contribution in [0.1, 0.15) is 12.5 Å². The number of nitrogens with zero attached hydrogens (tertiary/aromatic N) is 1. The number of carbonyl (C=O) groups is 2. The van der Waals surface area contributed by atoms with Crippen LogP contribution in [0.4, 0.5) is 0 Å². The number of benzene rings is 2. The lowest BCUT2D eigenvalue weighted by molar-refractivity contribution is -0.160. The molecule has 7 nitrogen and oxygen atoms in total. The SMILES string of the molecule is COc1ccc2c(C(C#N)(OC(C)=O)C(N)=O)c(OC)ccc2c1. The zero-order valence-corrected chi connectivity index (χ0v) is 13.5. The van der Waals surface area contributed by atoms with Gasteiger partial charge in [0.1, 0.15) is 17.6 Å². The summed E-state index contributed by atoms with van der Waals surface area (Å²) in [6.45, 7) is 1.09. The molecule has 0 saturated carbocycles. The van der Waals surface area contributed by atoms with E-state index in [1.54, 1.807) is 36.4 Å². The maximum Gasteiger partial charge on any atom is 0.304 e. The summed E-state index contributed by atoms with van der Waals surface area (Å²) in [7, 11) is 2.90. The van der Waals surface area contributed by atoms with Crippen LogP contribution >= 0.6 is 0 Å². The standard InChI is InChI=1S/C17H16N2O5/c1-10(20)24-17(9-18,16(19)21)15-13-6-5-12(22-2)8-11(13)4-7-14(15)23-3/h4-8H,1-3H3,(H2,19,21). The molecule has 0 aliphatic carbocycles. The van der Waals surface area contributed by atoms with Gasteiger partial charge in [-0.3, -0.25) is 9.59 Å². The van der Waals surface area contributed by atoms with E-state index < -0.39 is 17.5 Å². The van der Waals surface area contributed by atoms with E-state index in [9.17, 15) is 14.9 Å². The maximum absolute atomic E-state index is 12.1. The van der Waals surface area contributed by atoms with Gasteiger partial charge < -0.3 is 19.9 Å². The van der Waals surface area contributed by atoms with Crippen LogP contribution in [-0.4, -0.2) is 26.1 Å². The third kappa shape index (κ3) is 2.70. The Morgan fingerprint density at radius 3 is 2.38 bits per heavy atom. The molecule has 0 aromatic heterocycles. The molecule has 0 saturated heterocycles. The summed E-state index contributed by atoms with van der Waals surface area (Å²) in [6.07, 6.45) is 0. The van der Waals surface area contributed by atoms with E-state index in [0.717, 1.165) is 6.92 Å². The zero-order valence-electron chi connectivity index (χ0n) is 13.5. The van der Waals surface area contributed by atoms with Crippen LogP contribution in [0.2, 0.25) is 0 Å². The lowest BCUT2D eigenvalue weighted by Gasteiger charge is -2.26. The highest BCUT2D eigenvalue weighted by Crippen LogP contribution is 2.39. The Morgan fingerprint density at radius 2 is 1.88 bits per heavy atom. The van der Waals surface area contributed by atoms with E-state index in [0.29, 0.717) is 16.5 Å². The number of ether oxygens (including phenoxy) is 3. The largest absolute Gasteiger partial charge is 0.497 e. The van der Waals surface area contributed by atoms with E-state index in [-0.39, 0.29) is 11.3 Å². The van der Waals surface area contributed by atoms with E-state index in [1.807, 2.05) is 0 Å². The van der Waals surface area contributed by atoms with Crippen molar-refractivity contribution in [2.45, 2.75) is 12.5 Å². The second-order valence-electron chi connectivity index (χ2n) is 4.98. The minimum absolute atomic E-state index is 0.0790. The number of primary amides is 1. The second-order valence-corrected chi connectivity index (χ2v) is 4.98. The predicted octanol–water partition coefficient (Wildman–Crippen LogP) is 1.62. The number of hydrogen-bond acceptors (Lipinski definition) is 6. The first kappa shape index (κ1) is 17.1. The highest BCUT2D eigenvalue weighted by Gasteiger charge is 2.46. The first-order chi connectivity index (χ1) is 11.4. The molecule has 7 heteroatoms. The molecule has 0 aliphatic heterocycles. The van der Waals surface area contributed by atoms with Crippen LogP contribution < -0.4 is 15.2 Å². The van der Waals surface area contributed by atoms with Gasteiger partial charge in [0.05, 0.1) is 19.8 Å². The number of nitrogens with two attached hydrogens (primary N) is 1. The number of nitriles is 1. The Balaban J connectivity index is 2.91. The van der Waals surface area contributed by atoms with Crippen LogP contribution in [0, 0.1) is 11.3 Å². The molecule has 1 atom stereocenters. The number of esters is 1. The first-order valence-corrected chi connectivity index (χ1v) is 6.95. The fourth-order valence-corrected chi connectivity index (χ4v) is 2.52.